The van der Waals surface area contributed by atoms with Crippen molar-refractivity contribution in [2.24, 2.45) is 4.99 Å². The van der Waals surface area contributed by atoms with Gasteiger partial charge in [-0.05, 0) is 24.3 Å². The average molecular weight is 289 g/mol. The summed E-state index contributed by atoms with van der Waals surface area (Å²) in [5.74, 6) is -0.0432. The van der Waals surface area contributed by atoms with E-state index in [1.54, 1.807) is 30.5 Å². The van der Waals surface area contributed by atoms with Crippen LogP contribution in [0.4, 0.5) is 5.69 Å². The number of hydrogen-bond donors (Lipinski definition) is 1. The van der Waals surface area contributed by atoms with Gasteiger partial charge in [-0.3, -0.25) is 9.79 Å². The predicted molar refractivity (Wildman–Crippen MR) is 79.2 cm³/mol. The van der Waals surface area contributed by atoms with Crippen molar-refractivity contribution >= 4 is 29.3 Å². The minimum Gasteiger partial charge on any atom is -0.506 e. The number of Topliss-reactive ketones (excluding diaryl/α,β-unsaturated/α-hetero) is 1. The van der Waals surface area contributed by atoms with Gasteiger partial charge in [0.05, 0.1) is 0 Å². The molecule has 0 atom stereocenters. The summed E-state index contributed by atoms with van der Waals surface area (Å²) in [6, 6.07) is 10.00. The maximum Gasteiger partial charge on any atom is 0.178 e. The smallest absolute Gasteiger partial charge is 0.178 e. The molecule has 0 fully saturated rings. The van der Waals surface area contributed by atoms with E-state index in [4.69, 9.17) is 11.6 Å². The Morgan fingerprint density at radius 1 is 1.40 bits per heavy atom. The highest BCUT2D eigenvalue weighted by Crippen LogP contribution is 2.28. The van der Waals surface area contributed by atoms with Crippen molar-refractivity contribution in [3.05, 3.63) is 52.8 Å². The lowest BCUT2D eigenvalue weighted by Gasteiger charge is -2.00. The third-order valence-corrected chi connectivity index (χ3v) is 2.87. The molecule has 2 aromatic rings. The zero-order valence-corrected chi connectivity index (χ0v) is 11.6. The van der Waals surface area contributed by atoms with Crippen LogP contribution in [-0.4, -0.2) is 22.1 Å². The molecule has 0 unspecified atom stereocenters. The van der Waals surface area contributed by atoms with Gasteiger partial charge in [0.2, 0.25) is 0 Å². The molecule has 0 aliphatic rings. The van der Waals surface area contributed by atoms with Gasteiger partial charge >= 0.3 is 0 Å². The van der Waals surface area contributed by atoms with Crippen LogP contribution in [0.3, 0.4) is 0 Å². The number of hydrogen-bond acceptors (Lipinski definition) is 4. The number of aliphatic imine (C=N–C) groups is 1. The summed E-state index contributed by atoms with van der Waals surface area (Å²) in [4.78, 5) is 19.6. The number of aromatic hydroxyl groups is 1. The zero-order valence-electron chi connectivity index (χ0n) is 10.9. The van der Waals surface area contributed by atoms with Gasteiger partial charge in [-0.25, -0.2) is 4.98 Å². The molecule has 102 valence electrons. The Kier molecular flexibility index (Phi) is 4.48. The molecule has 0 amide bonds. The van der Waals surface area contributed by atoms with Gasteiger partial charge in [0.25, 0.3) is 0 Å². The summed E-state index contributed by atoms with van der Waals surface area (Å²) in [6.45, 7) is 1.48. The van der Waals surface area contributed by atoms with Gasteiger partial charge in [0.1, 0.15) is 17.1 Å². The Morgan fingerprint density at radius 3 is 2.90 bits per heavy atom. The van der Waals surface area contributed by atoms with Crippen molar-refractivity contribution < 1.29 is 9.90 Å². The highest BCUT2D eigenvalue weighted by molar-refractivity contribution is 6.30. The zero-order chi connectivity index (χ0) is 14.5. The summed E-state index contributed by atoms with van der Waals surface area (Å²) in [5, 5.41) is 10.1. The molecule has 1 aromatic heterocycles. The first-order chi connectivity index (χ1) is 9.56. The van der Waals surface area contributed by atoms with Crippen molar-refractivity contribution in [1.29, 1.82) is 0 Å². The van der Waals surface area contributed by atoms with Crippen LogP contribution in [0, 0.1) is 0 Å². The quantitative estimate of drug-likeness (QED) is 0.691. The molecule has 0 aliphatic heterocycles. The third kappa shape index (κ3) is 3.65. The number of carbonyl (C=O) groups excluding carboxylic acids is 1. The SMILES string of the molecule is CC(=O)c1cccc(CC=Nc2ccc(Cl)cc2O)n1. The standard InChI is InChI=1S/C15H13ClN2O2/c1-10(19)13-4-2-3-12(18-13)7-8-17-14-6-5-11(16)9-15(14)20/h2-6,8-9,20H,7H2,1H3. The molecular formula is C15H13ClN2O2. The minimum atomic E-state index is -0.0702. The second-order valence-electron chi connectivity index (χ2n) is 4.22. The van der Waals surface area contributed by atoms with E-state index in [1.807, 2.05) is 6.07 Å². The van der Waals surface area contributed by atoms with Crippen molar-refractivity contribution in [2.75, 3.05) is 0 Å². The molecule has 0 spiro atoms. The van der Waals surface area contributed by atoms with E-state index in [0.717, 1.165) is 5.69 Å². The Bertz CT molecular complexity index is 669. The number of benzene rings is 1. The number of phenolic OH excluding ortho intramolecular Hbond substituents is 1. The van der Waals surface area contributed by atoms with Gasteiger partial charge in [-0.1, -0.05) is 17.7 Å². The van der Waals surface area contributed by atoms with E-state index >= 15 is 0 Å². The molecule has 5 heteroatoms. The lowest BCUT2D eigenvalue weighted by Crippen LogP contribution is -2.00. The van der Waals surface area contributed by atoms with Crippen LogP contribution in [0.1, 0.15) is 23.1 Å². The highest BCUT2D eigenvalue weighted by atomic mass is 35.5. The van der Waals surface area contributed by atoms with Crippen LogP contribution < -0.4 is 0 Å². The van der Waals surface area contributed by atoms with Crippen LogP contribution in [-0.2, 0) is 6.42 Å². The molecule has 0 saturated carbocycles. The minimum absolute atomic E-state index is 0.0270. The first kappa shape index (κ1) is 14.2. The summed E-state index contributed by atoms with van der Waals surface area (Å²) in [7, 11) is 0. The van der Waals surface area contributed by atoms with E-state index in [2.05, 4.69) is 9.98 Å². The average Bonchev–Trinajstić information content (AvgIpc) is 2.41. The number of ketones is 1. The maximum absolute atomic E-state index is 11.2. The Labute approximate surface area is 121 Å². The topological polar surface area (TPSA) is 62.5 Å². The Hall–Kier alpha value is -2.20. The molecule has 1 aromatic carbocycles. The van der Waals surface area contributed by atoms with Crippen LogP contribution in [0.15, 0.2) is 41.4 Å². The van der Waals surface area contributed by atoms with E-state index in [1.165, 1.54) is 13.0 Å². The first-order valence-electron chi connectivity index (χ1n) is 6.04. The molecule has 1 heterocycles. The number of carbonyl (C=O) groups is 1. The molecule has 0 radical (unpaired) electrons. The molecular weight excluding hydrogens is 276 g/mol. The second-order valence-corrected chi connectivity index (χ2v) is 4.66. The largest absolute Gasteiger partial charge is 0.506 e. The Balaban J connectivity index is 2.10. The number of aromatic nitrogens is 1. The monoisotopic (exact) mass is 288 g/mol. The second kappa shape index (κ2) is 6.30. The van der Waals surface area contributed by atoms with Crippen molar-refractivity contribution in [2.45, 2.75) is 13.3 Å². The molecule has 0 bridgehead atoms. The summed E-state index contributed by atoms with van der Waals surface area (Å²) in [6.07, 6.45) is 2.11. The van der Waals surface area contributed by atoms with Gasteiger partial charge < -0.3 is 5.11 Å². The maximum atomic E-state index is 11.2. The fourth-order valence-corrected chi connectivity index (χ4v) is 1.80. The lowest BCUT2D eigenvalue weighted by molar-refractivity contribution is 0.101. The summed E-state index contributed by atoms with van der Waals surface area (Å²) < 4.78 is 0. The van der Waals surface area contributed by atoms with Crippen LogP contribution >= 0.6 is 11.6 Å². The van der Waals surface area contributed by atoms with Crippen LogP contribution in [0.5, 0.6) is 5.75 Å². The number of nitrogens with zero attached hydrogens (tertiary/aromatic N) is 2. The number of pyridine rings is 1. The molecule has 4 nitrogen and oxygen atoms in total. The van der Waals surface area contributed by atoms with E-state index in [0.29, 0.717) is 22.8 Å². The van der Waals surface area contributed by atoms with Crippen molar-refractivity contribution in [1.82, 2.24) is 4.98 Å². The molecule has 2 rings (SSSR count). The summed E-state index contributed by atoms with van der Waals surface area (Å²) in [5.41, 5.74) is 1.62. The lowest BCUT2D eigenvalue weighted by atomic mass is 10.2. The Morgan fingerprint density at radius 2 is 2.20 bits per heavy atom. The number of phenols is 1. The molecule has 20 heavy (non-hydrogen) atoms. The first-order valence-corrected chi connectivity index (χ1v) is 6.42. The van der Waals surface area contributed by atoms with Gasteiger partial charge in [0, 0.05) is 36.3 Å². The van der Waals surface area contributed by atoms with Gasteiger partial charge in [0.15, 0.2) is 5.78 Å². The van der Waals surface area contributed by atoms with Crippen molar-refractivity contribution in [3.63, 3.8) is 0 Å². The van der Waals surface area contributed by atoms with Crippen LogP contribution in [0.2, 0.25) is 5.02 Å². The van der Waals surface area contributed by atoms with Gasteiger partial charge in [-0.2, -0.15) is 0 Å². The van der Waals surface area contributed by atoms with Crippen molar-refractivity contribution in [3.8, 4) is 5.75 Å². The summed E-state index contributed by atoms with van der Waals surface area (Å²) >= 11 is 5.74. The fraction of sp³-hybridized carbons (Fsp3) is 0.133. The van der Waals surface area contributed by atoms with E-state index in [-0.39, 0.29) is 11.5 Å². The van der Waals surface area contributed by atoms with Gasteiger partial charge in [-0.15, -0.1) is 0 Å². The number of halogens is 1. The van der Waals surface area contributed by atoms with E-state index < -0.39 is 0 Å². The molecule has 0 saturated heterocycles. The molecule has 1 N–H and O–H groups in total. The van der Waals surface area contributed by atoms with Crippen LogP contribution in [0.25, 0.3) is 0 Å². The normalized spacial score (nSPS) is 10.9. The molecule has 0 aliphatic carbocycles. The highest BCUT2D eigenvalue weighted by Gasteiger charge is 2.02. The third-order valence-electron chi connectivity index (χ3n) is 2.64. The number of rotatable bonds is 4. The fourth-order valence-electron chi connectivity index (χ4n) is 1.63. The predicted octanol–water partition coefficient (Wildman–Crippen LogP) is 3.59. The van der Waals surface area contributed by atoms with E-state index in [9.17, 15) is 9.90 Å².